The van der Waals surface area contributed by atoms with E-state index in [4.69, 9.17) is 5.11 Å². The van der Waals surface area contributed by atoms with Crippen LogP contribution in [0, 0.1) is 0 Å². The first-order valence-electron chi connectivity index (χ1n) is 3.85. The van der Waals surface area contributed by atoms with Gasteiger partial charge in [0.2, 0.25) is 10.0 Å². The Morgan fingerprint density at radius 1 is 1.40 bits per heavy atom. The number of hydrogen-bond acceptors (Lipinski definition) is 3. The van der Waals surface area contributed by atoms with Crippen molar-refractivity contribution in [2.45, 2.75) is 0 Å². The molecule has 0 aliphatic rings. The number of carboxylic acid groups (broad SMARTS) is 1. The van der Waals surface area contributed by atoms with Crippen LogP contribution in [-0.2, 0) is 10.0 Å². The topological polar surface area (TPSA) is 83.5 Å². The summed E-state index contributed by atoms with van der Waals surface area (Å²) >= 11 is 2.79. The maximum absolute atomic E-state index is 11.2. The largest absolute Gasteiger partial charge is 0.478 e. The molecule has 2 N–H and O–H groups in total. The second-order valence-corrected chi connectivity index (χ2v) is 5.70. The molecule has 0 bridgehead atoms. The molecular formula is C8H8BrNO4S. The van der Waals surface area contributed by atoms with Gasteiger partial charge in [-0.1, -0.05) is 28.1 Å². The maximum Gasteiger partial charge on any atom is 0.337 e. The average Bonchev–Trinajstić information content (AvgIpc) is 2.18. The van der Waals surface area contributed by atoms with Crippen molar-refractivity contribution < 1.29 is 18.3 Å². The maximum atomic E-state index is 11.2. The molecule has 0 radical (unpaired) electrons. The molecule has 0 aromatic heterocycles. The van der Waals surface area contributed by atoms with Crippen LogP contribution in [0.15, 0.2) is 24.3 Å². The fourth-order valence-electron chi connectivity index (χ4n) is 0.953. The Bertz CT molecular complexity index is 471. The summed E-state index contributed by atoms with van der Waals surface area (Å²) in [6, 6.07) is 5.80. The molecule has 1 aromatic carbocycles. The van der Waals surface area contributed by atoms with Gasteiger partial charge in [-0.25, -0.2) is 13.2 Å². The summed E-state index contributed by atoms with van der Waals surface area (Å²) in [7, 11) is -3.53. The number of alkyl halides is 1. The van der Waals surface area contributed by atoms with Gasteiger partial charge in [0, 0.05) is 0 Å². The molecule has 0 heterocycles. The summed E-state index contributed by atoms with van der Waals surface area (Å²) in [6.45, 7) is 0. The number of aromatic carboxylic acids is 1. The highest BCUT2D eigenvalue weighted by Gasteiger charge is 2.14. The van der Waals surface area contributed by atoms with Crippen molar-refractivity contribution in [3.8, 4) is 0 Å². The number of carbonyl (C=O) groups is 1. The van der Waals surface area contributed by atoms with Crippen LogP contribution in [0.5, 0.6) is 0 Å². The van der Waals surface area contributed by atoms with Gasteiger partial charge in [0.05, 0.1) is 11.3 Å². The van der Waals surface area contributed by atoms with Crippen LogP contribution in [0.4, 0.5) is 5.69 Å². The van der Waals surface area contributed by atoms with Crippen molar-refractivity contribution in [3.05, 3.63) is 29.8 Å². The van der Waals surface area contributed by atoms with Crippen molar-refractivity contribution in [2.75, 3.05) is 9.38 Å². The van der Waals surface area contributed by atoms with Crippen LogP contribution >= 0.6 is 15.9 Å². The van der Waals surface area contributed by atoms with E-state index in [2.05, 4.69) is 20.7 Å². The first kappa shape index (κ1) is 12.0. The van der Waals surface area contributed by atoms with Gasteiger partial charge in [0.25, 0.3) is 0 Å². The number of halogens is 1. The Labute approximate surface area is 95.3 Å². The first-order valence-corrected chi connectivity index (χ1v) is 6.62. The Hall–Kier alpha value is -1.08. The van der Waals surface area contributed by atoms with Gasteiger partial charge in [-0.3, -0.25) is 4.72 Å². The molecule has 0 amide bonds. The Morgan fingerprint density at radius 3 is 2.53 bits per heavy atom. The smallest absolute Gasteiger partial charge is 0.337 e. The number of sulfonamides is 1. The van der Waals surface area contributed by atoms with E-state index >= 15 is 0 Å². The summed E-state index contributed by atoms with van der Waals surface area (Å²) in [5, 5.41) is 8.79. The highest BCUT2D eigenvalue weighted by Crippen LogP contribution is 2.16. The van der Waals surface area contributed by atoms with Crippen LogP contribution in [0.2, 0.25) is 0 Å². The number of hydrogen-bond donors (Lipinski definition) is 2. The SMILES string of the molecule is O=C(O)c1ccccc1NS(=O)(=O)CBr. The molecule has 1 rings (SSSR count). The Balaban J connectivity index is 3.10. The molecule has 7 heteroatoms. The average molecular weight is 294 g/mol. The first-order chi connectivity index (χ1) is 6.96. The number of carboxylic acids is 1. The molecule has 0 spiro atoms. The van der Waals surface area contributed by atoms with Crippen molar-refractivity contribution in [1.82, 2.24) is 0 Å². The zero-order valence-electron chi connectivity index (χ0n) is 7.47. The monoisotopic (exact) mass is 293 g/mol. The highest BCUT2D eigenvalue weighted by molar-refractivity contribution is 9.10. The lowest BCUT2D eigenvalue weighted by atomic mass is 10.2. The van der Waals surface area contributed by atoms with E-state index < -0.39 is 16.0 Å². The Morgan fingerprint density at radius 2 is 2.00 bits per heavy atom. The van der Waals surface area contributed by atoms with Gasteiger partial charge in [-0.15, -0.1) is 0 Å². The molecule has 0 atom stereocenters. The molecule has 0 saturated carbocycles. The zero-order chi connectivity index (χ0) is 11.5. The van der Waals surface area contributed by atoms with E-state index in [0.717, 1.165) is 0 Å². The van der Waals surface area contributed by atoms with Crippen molar-refractivity contribution >= 4 is 37.6 Å². The molecular weight excluding hydrogens is 286 g/mol. The molecule has 0 aliphatic carbocycles. The van der Waals surface area contributed by atoms with Crippen LogP contribution < -0.4 is 4.72 Å². The van der Waals surface area contributed by atoms with Gasteiger partial charge >= 0.3 is 5.97 Å². The molecule has 0 unspecified atom stereocenters. The molecule has 0 aliphatic heterocycles. The standard InChI is InChI=1S/C8H8BrNO4S/c9-5-15(13,14)10-7-4-2-1-3-6(7)8(11)12/h1-4,10H,5H2,(H,11,12). The number of para-hydroxylation sites is 1. The van der Waals surface area contributed by atoms with Crippen molar-refractivity contribution in [2.24, 2.45) is 0 Å². The van der Waals surface area contributed by atoms with Gasteiger partial charge in [-0.2, -0.15) is 0 Å². The van der Waals surface area contributed by atoms with Crippen LogP contribution in [0.25, 0.3) is 0 Å². The summed E-state index contributed by atoms with van der Waals surface area (Å²) in [5.74, 6) is -1.18. The van der Waals surface area contributed by atoms with E-state index in [0.29, 0.717) is 0 Å². The quantitative estimate of drug-likeness (QED) is 0.824. The number of benzene rings is 1. The second kappa shape index (κ2) is 4.63. The fraction of sp³-hybridized carbons (Fsp3) is 0.125. The van der Waals surface area contributed by atoms with Crippen molar-refractivity contribution in [3.63, 3.8) is 0 Å². The fourth-order valence-corrected chi connectivity index (χ4v) is 1.86. The van der Waals surface area contributed by atoms with Gasteiger partial charge in [0.1, 0.15) is 4.66 Å². The number of nitrogens with one attached hydrogen (secondary N) is 1. The number of rotatable bonds is 4. The summed E-state index contributed by atoms with van der Waals surface area (Å²) in [4.78, 5) is 10.7. The van der Waals surface area contributed by atoms with Gasteiger partial charge in [-0.05, 0) is 12.1 Å². The third kappa shape index (κ3) is 3.21. The molecule has 0 saturated heterocycles. The summed E-state index contributed by atoms with van der Waals surface area (Å²) in [6.07, 6.45) is 0. The minimum atomic E-state index is -3.53. The minimum Gasteiger partial charge on any atom is -0.478 e. The second-order valence-electron chi connectivity index (χ2n) is 2.68. The lowest BCUT2D eigenvalue weighted by molar-refractivity contribution is 0.0698. The lowest BCUT2D eigenvalue weighted by Gasteiger charge is -2.07. The molecule has 1 aromatic rings. The normalized spacial score (nSPS) is 11.0. The van der Waals surface area contributed by atoms with Crippen molar-refractivity contribution in [1.29, 1.82) is 0 Å². The highest BCUT2D eigenvalue weighted by atomic mass is 79.9. The number of anilines is 1. The minimum absolute atomic E-state index is 0.0597. The van der Waals surface area contributed by atoms with E-state index in [1.54, 1.807) is 6.07 Å². The van der Waals surface area contributed by atoms with E-state index in [1.165, 1.54) is 18.2 Å². The van der Waals surface area contributed by atoms with E-state index in [-0.39, 0.29) is 15.9 Å². The van der Waals surface area contributed by atoms with Crippen LogP contribution in [0.1, 0.15) is 10.4 Å². The molecule has 15 heavy (non-hydrogen) atoms. The summed E-state index contributed by atoms with van der Waals surface area (Å²) < 4.78 is 24.3. The predicted molar refractivity (Wildman–Crippen MR) is 59.7 cm³/mol. The zero-order valence-corrected chi connectivity index (χ0v) is 9.88. The van der Waals surface area contributed by atoms with Gasteiger partial charge < -0.3 is 5.11 Å². The molecule has 82 valence electrons. The van der Waals surface area contributed by atoms with E-state index in [9.17, 15) is 13.2 Å². The third-order valence-corrected chi connectivity index (χ3v) is 4.19. The van der Waals surface area contributed by atoms with Crippen LogP contribution in [0.3, 0.4) is 0 Å². The third-order valence-electron chi connectivity index (χ3n) is 1.57. The summed E-state index contributed by atoms with van der Waals surface area (Å²) in [5.41, 5.74) is -0.0218. The van der Waals surface area contributed by atoms with Gasteiger partial charge in [0.15, 0.2) is 0 Å². The van der Waals surface area contributed by atoms with E-state index in [1.807, 2.05) is 0 Å². The Kier molecular flexibility index (Phi) is 3.70. The van der Waals surface area contributed by atoms with Crippen LogP contribution in [-0.4, -0.2) is 24.2 Å². The molecule has 0 fully saturated rings. The lowest BCUT2D eigenvalue weighted by Crippen LogP contribution is -2.15. The predicted octanol–water partition coefficient (Wildman–Crippen LogP) is 1.48. The molecule has 5 nitrogen and oxygen atoms in total.